The van der Waals surface area contributed by atoms with Crippen molar-refractivity contribution in [1.82, 2.24) is 0 Å². The summed E-state index contributed by atoms with van der Waals surface area (Å²) in [5.74, 6) is -1.71. The summed E-state index contributed by atoms with van der Waals surface area (Å²) >= 11 is 0. The number of Topliss-reactive ketones (excluding diaryl/α,β-unsaturated/α-hetero) is 1. The van der Waals surface area contributed by atoms with Crippen molar-refractivity contribution in [3.63, 3.8) is 0 Å². The molecule has 0 radical (unpaired) electrons. The first-order valence-corrected chi connectivity index (χ1v) is 12.3. The maximum absolute atomic E-state index is 12.8. The molecule has 0 aliphatic carbocycles. The summed E-state index contributed by atoms with van der Waals surface area (Å²) in [4.78, 5) is 37.8. The zero-order chi connectivity index (χ0) is 23.6. The molecule has 0 atom stereocenters. The van der Waals surface area contributed by atoms with Crippen LogP contribution < -0.4 is 5.73 Å². The molecule has 180 valence electrons. The van der Waals surface area contributed by atoms with Gasteiger partial charge in [-0.2, -0.15) is 0 Å². The fraction of sp³-hybridized carbons (Fsp3) is 0.654. The van der Waals surface area contributed by atoms with Crippen molar-refractivity contribution in [3.05, 3.63) is 34.9 Å². The van der Waals surface area contributed by atoms with E-state index >= 15 is 0 Å². The molecule has 0 aromatic heterocycles. The molecular weight excluding hydrogens is 406 g/mol. The molecule has 0 aliphatic heterocycles. The van der Waals surface area contributed by atoms with Gasteiger partial charge < -0.3 is 15.2 Å². The molecule has 0 saturated heterocycles. The van der Waals surface area contributed by atoms with Crippen LogP contribution in [0, 0.1) is 0 Å². The summed E-state index contributed by atoms with van der Waals surface area (Å²) in [6, 6.07) is 4.56. The number of carbonyl (C=O) groups excluding carboxylic acids is 3. The first kappa shape index (κ1) is 27.8. The van der Waals surface area contributed by atoms with E-state index in [1.165, 1.54) is 50.7 Å². The van der Waals surface area contributed by atoms with Crippen molar-refractivity contribution in [2.75, 3.05) is 19.8 Å². The molecule has 0 unspecified atom stereocenters. The summed E-state index contributed by atoms with van der Waals surface area (Å²) in [5.41, 5.74) is 5.63. The van der Waals surface area contributed by atoms with Gasteiger partial charge in [0.25, 0.3) is 0 Å². The van der Waals surface area contributed by atoms with Gasteiger partial charge in [-0.25, -0.2) is 9.59 Å². The van der Waals surface area contributed by atoms with Gasteiger partial charge in [-0.15, -0.1) is 0 Å². The van der Waals surface area contributed by atoms with Gasteiger partial charge in [-0.05, 0) is 18.9 Å². The minimum Gasteiger partial charge on any atom is -0.462 e. The number of nitrogens with two attached hydrogens (primary N) is 1. The molecule has 32 heavy (non-hydrogen) atoms. The maximum Gasteiger partial charge on any atom is 0.339 e. The highest BCUT2D eigenvalue weighted by Gasteiger charge is 2.25. The minimum absolute atomic E-state index is 0.0399. The maximum atomic E-state index is 12.8. The molecule has 1 aromatic carbocycles. The van der Waals surface area contributed by atoms with Crippen molar-refractivity contribution in [3.8, 4) is 0 Å². The number of unbranched alkanes of at least 4 members (excludes halogenated alkanes) is 10. The average molecular weight is 448 g/mol. The van der Waals surface area contributed by atoms with Crippen molar-refractivity contribution >= 4 is 17.7 Å². The lowest BCUT2D eigenvalue weighted by atomic mass is 9.98. The number of hydrogen-bond donors (Lipinski definition) is 1. The Morgan fingerprint density at radius 1 is 0.688 bits per heavy atom. The Bertz CT molecular complexity index is 701. The second-order valence-electron chi connectivity index (χ2n) is 8.16. The lowest BCUT2D eigenvalue weighted by molar-refractivity contribution is 0.0449. The molecule has 2 N–H and O–H groups in total. The molecule has 0 saturated carbocycles. The van der Waals surface area contributed by atoms with E-state index in [9.17, 15) is 14.4 Å². The molecule has 0 fully saturated rings. The lowest BCUT2D eigenvalue weighted by Gasteiger charge is -2.13. The molecule has 0 amide bonds. The quantitative estimate of drug-likeness (QED) is 0.172. The van der Waals surface area contributed by atoms with Gasteiger partial charge in [-0.3, -0.25) is 4.79 Å². The topological polar surface area (TPSA) is 95.7 Å². The third kappa shape index (κ3) is 10.4. The molecule has 1 rings (SSSR count). The van der Waals surface area contributed by atoms with E-state index in [0.29, 0.717) is 0 Å². The van der Waals surface area contributed by atoms with Crippen molar-refractivity contribution in [2.45, 2.75) is 90.9 Å². The fourth-order valence-corrected chi connectivity index (χ4v) is 3.53. The standard InChI is InChI=1S/C26H41NO5/c1-3-5-7-9-11-13-18-31-25(29)22-17-15-16-21(23(28)20-27)24(22)26(30)32-19-14-12-10-8-6-4-2/h15-17H,3-14,18-20,27H2,1-2H3. The van der Waals surface area contributed by atoms with E-state index in [-0.39, 0.29) is 36.4 Å². The fourth-order valence-electron chi connectivity index (χ4n) is 3.53. The molecule has 0 heterocycles. The predicted molar refractivity (Wildman–Crippen MR) is 127 cm³/mol. The molecule has 6 heteroatoms. The van der Waals surface area contributed by atoms with Gasteiger partial charge in [0.2, 0.25) is 0 Å². The second-order valence-corrected chi connectivity index (χ2v) is 8.16. The van der Waals surface area contributed by atoms with Crippen molar-refractivity contribution in [2.24, 2.45) is 5.73 Å². The summed E-state index contributed by atoms with van der Waals surface area (Å²) in [7, 11) is 0. The SMILES string of the molecule is CCCCCCCCOC(=O)c1cccc(C(=O)CN)c1C(=O)OCCCCCCCC. The zero-order valence-corrected chi connectivity index (χ0v) is 20.0. The van der Waals surface area contributed by atoms with Gasteiger partial charge in [0.05, 0.1) is 30.9 Å². The predicted octanol–water partition coefficient (Wildman–Crippen LogP) is 5.86. The molecule has 0 bridgehead atoms. The minimum atomic E-state index is -0.678. The normalized spacial score (nSPS) is 10.7. The van der Waals surface area contributed by atoms with E-state index in [2.05, 4.69) is 13.8 Å². The number of esters is 2. The van der Waals surface area contributed by atoms with Gasteiger partial charge in [0, 0.05) is 5.56 Å². The summed E-state index contributed by atoms with van der Waals surface area (Å²) in [5, 5.41) is 0. The van der Waals surface area contributed by atoms with E-state index in [1.54, 1.807) is 6.07 Å². The number of hydrogen-bond acceptors (Lipinski definition) is 6. The van der Waals surface area contributed by atoms with Crippen molar-refractivity contribution in [1.29, 1.82) is 0 Å². The van der Waals surface area contributed by atoms with Crippen LogP contribution in [0.2, 0.25) is 0 Å². The van der Waals surface area contributed by atoms with Crippen LogP contribution in [0.15, 0.2) is 18.2 Å². The Hall–Kier alpha value is -2.21. The van der Waals surface area contributed by atoms with Crippen molar-refractivity contribution < 1.29 is 23.9 Å². The van der Waals surface area contributed by atoms with E-state index in [1.807, 2.05) is 0 Å². The Kier molecular flexibility index (Phi) is 15.1. The third-order valence-electron chi connectivity index (χ3n) is 5.44. The Morgan fingerprint density at radius 3 is 1.69 bits per heavy atom. The van der Waals surface area contributed by atoms with Crippen LogP contribution in [-0.2, 0) is 9.47 Å². The highest BCUT2D eigenvalue weighted by atomic mass is 16.5. The Morgan fingerprint density at radius 2 is 1.16 bits per heavy atom. The molecular formula is C26H41NO5. The van der Waals surface area contributed by atoms with Gasteiger partial charge in [0.1, 0.15) is 0 Å². The first-order valence-electron chi connectivity index (χ1n) is 12.3. The van der Waals surface area contributed by atoms with Crippen LogP contribution in [0.5, 0.6) is 0 Å². The first-order chi connectivity index (χ1) is 15.6. The highest BCUT2D eigenvalue weighted by Crippen LogP contribution is 2.19. The largest absolute Gasteiger partial charge is 0.462 e. The van der Waals surface area contributed by atoms with Crippen LogP contribution in [0.1, 0.15) is 122 Å². The number of benzene rings is 1. The lowest BCUT2D eigenvalue weighted by Crippen LogP contribution is -2.22. The van der Waals surface area contributed by atoms with Gasteiger partial charge in [0.15, 0.2) is 5.78 Å². The van der Waals surface area contributed by atoms with Gasteiger partial charge in [-0.1, -0.05) is 90.2 Å². The zero-order valence-electron chi connectivity index (χ0n) is 20.0. The highest BCUT2D eigenvalue weighted by molar-refractivity contribution is 6.12. The molecule has 0 spiro atoms. The van der Waals surface area contributed by atoms with Crippen LogP contribution in [0.25, 0.3) is 0 Å². The summed E-state index contributed by atoms with van der Waals surface area (Å²) in [6.07, 6.45) is 12.8. The van der Waals surface area contributed by atoms with E-state index in [0.717, 1.165) is 38.5 Å². The van der Waals surface area contributed by atoms with Crippen LogP contribution in [-0.4, -0.2) is 37.5 Å². The summed E-state index contributed by atoms with van der Waals surface area (Å²) in [6.45, 7) is 4.61. The number of rotatable bonds is 18. The van der Waals surface area contributed by atoms with Gasteiger partial charge >= 0.3 is 11.9 Å². The van der Waals surface area contributed by atoms with Crippen LogP contribution >= 0.6 is 0 Å². The second kappa shape index (κ2) is 17.4. The number of ketones is 1. The molecule has 0 aliphatic rings. The summed E-state index contributed by atoms with van der Waals surface area (Å²) < 4.78 is 10.8. The van der Waals surface area contributed by atoms with E-state index in [4.69, 9.17) is 15.2 Å². The monoisotopic (exact) mass is 447 g/mol. The molecule has 1 aromatic rings. The Balaban J connectivity index is 2.72. The van der Waals surface area contributed by atoms with E-state index < -0.39 is 17.7 Å². The number of carbonyl (C=O) groups is 3. The van der Waals surface area contributed by atoms with Crippen LogP contribution in [0.4, 0.5) is 0 Å². The smallest absolute Gasteiger partial charge is 0.339 e. The number of ether oxygens (including phenoxy) is 2. The average Bonchev–Trinajstić information content (AvgIpc) is 2.81. The third-order valence-corrected chi connectivity index (χ3v) is 5.44. The molecule has 6 nitrogen and oxygen atoms in total. The van der Waals surface area contributed by atoms with Crippen LogP contribution in [0.3, 0.4) is 0 Å². The Labute approximate surface area is 193 Å².